The van der Waals surface area contributed by atoms with Crippen LogP contribution in [-0.2, 0) is 14.3 Å². The van der Waals surface area contributed by atoms with E-state index in [0.717, 1.165) is 38.5 Å². The molecule has 2 unspecified atom stereocenters. The average Bonchev–Trinajstić information content (AvgIpc) is 3.33. The number of rotatable bonds is 58. The molecule has 3 N–H and O–H groups in total. The largest absolute Gasteiger partial charge is 0.466 e. The minimum Gasteiger partial charge on any atom is -0.466 e. The van der Waals surface area contributed by atoms with E-state index in [-0.39, 0.29) is 18.5 Å². The quantitative estimate of drug-likeness (QED) is 0.0417. The third kappa shape index (κ3) is 54.0. The number of aliphatic hydroxyl groups excluding tert-OH is 2. The summed E-state index contributed by atoms with van der Waals surface area (Å²) in [5, 5.41) is 23.4. The monoisotopic (exact) mass is 948 g/mol. The zero-order valence-corrected chi connectivity index (χ0v) is 45.7. The van der Waals surface area contributed by atoms with Crippen molar-refractivity contribution in [2.75, 3.05) is 13.2 Å². The highest BCUT2D eigenvalue weighted by Crippen LogP contribution is 2.18. The molecular weight excluding hydrogens is 827 g/mol. The number of amides is 1. The Labute approximate surface area is 419 Å². The molecule has 400 valence electrons. The molecule has 2 atom stereocenters. The van der Waals surface area contributed by atoms with E-state index in [0.29, 0.717) is 25.9 Å². The Bertz CT molecular complexity index is 959. The fourth-order valence-corrected chi connectivity index (χ4v) is 9.94. The second-order valence-electron chi connectivity index (χ2n) is 21.4. The Morgan fingerprint density at radius 2 is 0.612 bits per heavy atom. The summed E-state index contributed by atoms with van der Waals surface area (Å²) in [5.74, 6) is -0.0283. The van der Waals surface area contributed by atoms with E-state index in [2.05, 4.69) is 19.2 Å². The van der Waals surface area contributed by atoms with Gasteiger partial charge in [0.05, 0.1) is 25.4 Å². The lowest BCUT2D eigenvalue weighted by Crippen LogP contribution is -2.45. The molecule has 0 saturated heterocycles. The number of ether oxygens (including phenoxy) is 1. The van der Waals surface area contributed by atoms with Crippen molar-refractivity contribution in [3.63, 3.8) is 0 Å². The van der Waals surface area contributed by atoms with Crippen LogP contribution in [0.3, 0.4) is 0 Å². The molecule has 67 heavy (non-hydrogen) atoms. The topological polar surface area (TPSA) is 95.9 Å². The molecule has 0 aliphatic rings. The molecule has 6 heteroatoms. The maximum absolute atomic E-state index is 12.5. The van der Waals surface area contributed by atoms with Crippen LogP contribution < -0.4 is 5.32 Å². The summed E-state index contributed by atoms with van der Waals surface area (Å²) in [6.07, 6.45) is 66.7. The van der Waals surface area contributed by atoms with Gasteiger partial charge in [-0.1, -0.05) is 316 Å². The molecule has 0 aliphatic heterocycles. The zero-order valence-electron chi connectivity index (χ0n) is 45.7. The standard InChI is InChI=1S/C61H121NO5/c1-3-5-7-9-11-13-15-17-18-19-20-21-22-24-27-30-33-37-41-45-49-53-59(64)58(57-63)62-60(65)54-50-46-42-38-34-31-28-25-23-26-29-32-36-40-44-48-52-56-67-61(66)55-51-47-43-39-35-16-14-12-10-8-6-4-2/h58-59,63-64H,3-57H2,1-2H3,(H,62,65). The lowest BCUT2D eigenvalue weighted by atomic mass is 10.0. The molecule has 0 spiro atoms. The van der Waals surface area contributed by atoms with Gasteiger partial charge < -0.3 is 20.3 Å². The Morgan fingerprint density at radius 1 is 0.358 bits per heavy atom. The molecule has 0 aliphatic carbocycles. The minimum absolute atomic E-state index is 0.00737. The van der Waals surface area contributed by atoms with Gasteiger partial charge in [-0.3, -0.25) is 9.59 Å². The van der Waals surface area contributed by atoms with Crippen LogP contribution in [0.5, 0.6) is 0 Å². The predicted molar refractivity (Wildman–Crippen MR) is 292 cm³/mol. The number of aliphatic hydroxyl groups is 2. The van der Waals surface area contributed by atoms with E-state index in [4.69, 9.17) is 4.74 Å². The zero-order chi connectivity index (χ0) is 48.6. The highest BCUT2D eigenvalue weighted by Gasteiger charge is 2.20. The van der Waals surface area contributed by atoms with Crippen LogP contribution in [0, 0.1) is 0 Å². The third-order valence-electron chi connectivity index (χ3n) is 14.7. The number of hydrogen-bond donors (Lipinski definition) is 3. The van der Waals surface area contributed by atoms with Crippen molar-refractivity contribution < 1.29 is 24.5 Å². The lowest BCUT2D eigenvalue weighted by Gasteiger charge is -2.22. The summed E-state index contributed by atoms with van der Waals surface area (Å²) >= 11 is 0. The SMILES string of the molecule is CCCCCCCCCCCCCCCCCCCCCCCC(O)C(CO)NC(=O)CCCCCCCCCCCCCCCCCCCOC(=O)CCCCCCCCCCCCCC. The molecule has 0 aromatic rings. The number of esters is 1. The summed E-state index contributed by atoms with van der Waals surface area (Å²) in [6.45, 7) is 4.98. The van der Waals surface area contributed by atoms with Gasteiger partial charge in [-0.15, -0.1) is 0 Å². The van der Waals surface area contributed by atoms with Crippen LogP contribution in [0.1, 0.15) is 354 Å². The summed E-state index contributed by atoms with van der Waals surface area (Å²) in [6, 6.07) is -0.545. The second kappa shape index (κ2) is 57.4. The van der Waals surface area contributed by atoms with Gasteiger partial charge in [0.2, 0.25) is 5.91 Å². The first-order valence-corrected chi connectivity index (χ1v) is 30.8. The molecule has 0 heterocycles. The van der Waals surface area contributed by atoms with Gasteiger partial charge in [0, 0.05) is 12.8 Å². The molecule has 1 amide bonds. The van der Waals surface area contributed by atoms with Crippen LogP contribution in [0.4, 0.5) is 0 Å². The van der Waals surface area contributed by atoms with E-state index < -0.39 is 12.1 Å². The number of carbonyl (C=O) groups is 2. The van der Waals surface area contributed by atoms with Crippen LogP contribution in [0.2, 0.25) is 0 Å². The maximum atomic E-state index is 12.5. The first-order chi connectivity index (χ1) is 33.0. The molecule has 0 fully saturated rings. The van der Waals surface area contributed by atoms with Crippen LogP contribution in [-0.4, -0.2) is 47.4 Å². The molecule has 0 saturated carbocycles. The van der Waals surface area contributed by atoms with Crippen LogP contribution >= 0.6 is 0 Å². The Hall–Kier alpha value is -1.14. The summed E-state index contributed by atoms with van der Waals surface area (Å²) < 4.78 is 5.47. The van der Waals surface area contributed by atoms with Gasteiger partial charge in [0.15, 0.2) is 0 Å². The van der Waals surface area contributed by atoms with Crippen molar-refractivity contribution in [3.05, 3.63) is 0 Å². The summed E-state index contributed by atoms with van der Waals surface area (Å²) in [5.41, 5.74) is 0. The lowest BCUT2D eigenvalue weighted by molar-refractivity contribution is -0.143. The van der Waals surface area contributed by atoms with Crippen LogP contribution in [0.25, 0.3) is 0 Å². The van der Waals surface area contributed by atoms with Crippen molar-refractivity contribution in [3.8, 4) is 0 Å². The summed E-state index contributed by atoms with van der Waals surface area (Å²) in [7, 11) is 0. The maximum Gasteiger partial charge on any atom is 0.305 e. The molecule has 0 radical (unpaired) electrons. The molecule has 0 aromatic carbocycles. The number of hydrogen-bond acceptors (Lipinski definition) is 5. The van der Waals surface area contributed by atoms with Gasteiger partial charge in [-0.2, -0.15) is 0 Å². The van der Waals surface area contributed by atoms with Gasteiger partial charge in [0.25, 0.3) is 0 Å². The third-order valence-corrected chi connectivity index (χ3v) is 14.7. The van der Waals surface area contributed by atoms with Crippen molar-refractivity contribution in [1.29, 1.82) is 0 Å². The van der Waals surface area contributed by atoms with E-state index in [1.165, 1.54) is 283 Å². The Kier molecular flexibility index (Phi) is 56.5. The van der Waals surface area contributed by atoms with E-state index in [1.54, 1.807) is 0 Å². The van der Waals surface area contributed by atoms with E-state index in [9.17, 15) is 19.8 Å². The highest BCUT2D eigenvalue weighted by molar-refractivity contribution is 5.76. The van der Waals surface area contributed by atoms with Crippen molar-refractivity contribution in [1.82, 2.24) is 5.32 Å². The molecular formula is C61H121NO5. The van der Waals surface area contributed by atoms with Gasteiger partial charge in [-0.25, -0.2) is 0 Å². The van der Waals surface area contributed by atoms with Gasteiger partial charge >= 0.3 is 5.97 Å². The average molecular weight is 949 g/mol. The first kappa shape index (κ1) is 65.9. The van der Waals surface area contributed by atoms with E-state index in [1.807, 2.05) is 0 Å². The normalized spacial score (nSPS) is 12.5. The molecule has 0 rings (SSSR count). The Morgan fingerprint density at radius 3 is 0.910 bits per heavy atom. The fourth-order valence-electron chi connectivity index (χ4n) is 9.94. The van der Waals surface area contributed by atoms with Gasteiger partial charge in [-0.05, 0) is 25.7 Å². The molecule has 6 nitrogen and oxygen atoms in total. The van der Waals surface area contributed by atoms with Crippen LogP contribution in [0.15, 0.2) is 0 Å². The first-order valence-electron chi connectivity index (χ1n) is 30.8. The highest BCUT2D eigenvalue weighted by atomic mass is 16.5. The van der Waals surface area contributed by atoms with Gasteiger partial charge in [0.1, 0.15) is 0 Å². The van der Waals surface area contributed by atoms with Crippen molar-refractivity contribution in [2.24, 2.45) is 0 Å². The number of unbranched alkanes of at least 4 members (excludes halogenated alkanes) is 47. The second-order valence-corrected chi connectivity index (χ2v) is 21.4. The molecule has 0 bridgehead atoms. The van der Waals surface area contributed by atoms with E-state index >= 15 is 0 Å². The predicted octanol–water partition coefficient (Wildman–Crippen LogP) is 19.1. The number of nitrogens with one attached hydrogen (secondary N) is 1. The molecule has 0 aromatic heterocycles. The van der Waals surface area contributed by atoms with Crippen molar-refractivity contribution >= 4 is 11.9 Å². The number of carbonyl (C=O) groups excluding carboxylic acids is 2. The van der Waals surface area contributed by atoms with Crippen molar-refractivity contribution in [2.45, 2.75) is 366 Å². The minimum atomic E-state index is -0.667. The fraction of sp³-hybridized carbons (Fsp3) is 0.967. The smallest absolute Gasteiger partial charge is 0.305 e. The summed E-state index contributed by atoms with van der Waals surface area (Å²) in [4.78, 5) is 24.5. The Balaban J connectivity index is 3.41.